The Hall–Kier alpha value is -1.37. The summed E-state index contributed by atoms with van der Waals surface area (Å²) in [6.45, 7) is 1.96. The molecule has 1 aromatic heterocycles. The fourth-order valence-corrected chi connectivity index (χ4v) is 1.73. The van der Waals surface area contributed by atoms with Crippen LogP contribution in [0.1, 0.15) is 6.92 Å². The molecular weight excluding hydrogens is 230 g/mol. The van der Waals surface area contributed by atoms with Crippen molar-refractivity contribution in [1.82, 2.24) is 9.97 Å². The fourth-order valence-electron chi connectivity index (χ4n) is 1.03. The minimum atomic E-state index is -2.94. The molecule has 1 aromatic rings. The standard InChI is InChI=1S/C9H15N3O3S/c1-3-16(13,14)5-4-10-8-6-9(15-2)12-7-11-8/h6-7H,3-5H2,1-2H3,(H,10,11,12). The third kappa shape index (κ3) is 4.01. The molecule has 0 saturated heterocycles. The van der Waals surface area contributed by atoms with Crippen LogP contribution in [0, 0.1) is 0 Å². The van der Waals surface area contributed by atoms with E-state index in [-0.39, 0.29) is 11.5 Å². The third-order valence-corrected chi connectivity index (χ3v) is 3.72. The maximum atomic E-state index is 11.2. The van der Waals surface area contributed by atoms with Crippen LogP contribution in [0.25, 0.3) is 0 Å². The van der Waals surface area contributed by atoms with Crippen LogP contribution < -0.4 is 10.1 Å². The molecule has 0 radical (unpaired) electrons. The van der Waals surface area contributed by atoms with Gasteiger partial charge in [0, 0.05) is 18.4 Å². The fraction of sp³-hybridized carbons (Fsp3) is 0.556. The lowest BCUT2D eigenvalue weighted by atomic mass is 10.5. The summed E-state index contributed by atoms with van der Waals surface area (Å²) in [4.78, 5) is 7.78. The second-order valence-corrected chi connectivity index (χ2v) is 5.58. The van der Waals surface area contributed by atoms with Crippen LogP contribution in [0.15, 0.2) is 12.4 Å². The van der Waals surface area contributed by atoms with Gasteiger partial charge in [-0.3, -0.25) is 0 Å². The molecule has 1 rings (SSSR count). The minimum absolute atomic E-state index is 0.0931. The average molecular weight is 245 g/mol. The van der Waals surface area contributed by atoms with Crippen molar-refractivity contribution in [3.8, 4) is 5.88 Å². The second kappa shape index (κ2) is 5.64. The highest BCUT2D eigenvalue weighted by molar-refractivity contribution is 7.91. The van der Waals surface area contributed by atoms with Gasteiger partial charge in [-0.15, -0.1) is 0 Å². The molecule has 7 heteroatoms. The van der Waals surface area contributed by atoms with Crippen molar-refractivity contribution < 1.29 is 13.2 Å². The Balaban J connectivity index is 2.49. The number of sulfone groups is 1. The van der Waals surface area contributed by atoms with E-state index >= 15 is 0 Å². The molecule has 0 fully saturated rings. The van der Waals surface area contributed by atoms with Gasteiger partial charge in [-0.05, 0) is 0 Å². The molecule has 0 bridgehead atoms. The molecule has 0 unspecified atom stereocenters. The highest BCUT2D eigenvalue weighted by Crippen LogP contribution is 2.09. The van der Waals surface area contributed by atoms with E-state index in [4.69, 9.17) is 4.74 Å². The smallest absolute Gasteiger partial charge is 0.218 e. The molecule has 0 aliphatic carbocycles. The van der Waals surface area contributed by atoms with Crippen LogP contribution in [0.3, 0.4) is 0 Å². The normalized spacial score (nSPS) is 11.1. The molecule has 0 aliphatic rings. The zero-order valence-corrected chi connectivity index (χ0v) is 10.1. The highest BCUT2D eigenvalue weighted by Gasteiger charge is 2.06. The molecule has 0 saturated carbocycles. The Morgan fingerprint density at radius 3 is 2.81 bits per heavy atom. The summed E-state index contributed by atoms with van der Waals surface area (Å²) in [5.74, 6) is 1.24. The van der Waals surface area contributed by atoms with Gasteiger partial charge in [0.2, 0.25) is 5.88 Å². The van der Waals surface area contributed by atoms with Crippen molar-refractivity contribution in [3.05, 3.63) is 12.4 Å². The van der Waals surface area contributed by atoms with Gasteiger partial charge < -0.3 is 10.1 Å². The number of hydrogen-bond donors (Lipinski definition) is 1. The molecule has 6 nitrogen and oxygen atoms in total. The number of aromatic nitrogens is 2. The second-order valence-electron chi connectivity index (χ2n) is 3.11. The third-order valence-electron chi connectivity index (χ3n) is 2.01. The Kier molecular flexibility index (Phi) is 4.48. The Labute approximate surface area is 95.0 Å². The van der Waals surface area contributed by atoms with Gasteiger partial charge in [-0.1, -0.05) is 6.92 Å². The predicted molar refractivity (Wildman–Crippen MR) is 61.4 cm³/mol. The topological polar surface area (TPSA) is 81.2 Å². The zero-order chi connectivity index (χ0) is 12.0. The summed E-state index contributed by atoms with van der Waals surface area (Å²) >= 11 is 0. The first-order valence-electron chi connectivity index (χ1n) is 4.87. The monoisotopic (exact) mass is 245 g/mol. The van der Waals surface area contributed by atoms with E-state index in [0.717, 1.165) is 0 Å². The molecule has 16 heavy (non-hydrogen) atoms. The highest BCUT2D eigenvalue weighted by atomic mass is 32.2. The average Bonchev–Trinajstić information content (AvgIpc) is 2.29. The van der Waals surface area contributed by atoms with E-state index < -0.39 is 9.84 Å². The zero-order valence-electron chi connectivity index (χ0n) is 9.30. The Bertz CT molecular complexity index is 433. The van der Waals surface area contributed by atoms with Gasteiger partial charge in [0.25, 0.3) is 0 Å². The van der Waals surface area contributed by atoms with E-state index in [1.807, 2.05) is 0 Å². The molecule has 0 atom stereocenters. The number of methoxy groups -OCH3 is 1. The van der Waals surface area contributed by atoms with Gasteiger partial charge in [0.05, 0.1) is 12.9 Å². The molecule has 1 heterocycles. The van der Waals surface area contributed by atoms with Crippen LogP contribution in [0.5, 0.6) is 5.88 Å². The van der Waals surface area contributed by atoms with Crippen molar-refractivity contribution in [2.75, 3.05) is 30.5 Å². The Morgan fingerprint density at radius 1 is 1.44 bits per heavy atom. The molecule has 0 aliphatic heterocycles. The number of anilines is 1. The van der Waals surface area contributed by atoms with Gasteiger partial charge >= 0.3 is 0 Å². The Morgan fingerprint density at radius 2 is 2.19 bits per heavy atom. The lowest BCUT2D eigenvalue weighted by molar-refractivity contribution is 0.397. The lowest BCUT2D eigenvalue weighted by Gasteiger charge is -2.06. The largest absolute Gasteiger partial charge is 0.481 e. The van der Waals surface area contributed by atoms with Crippen LogP contribution in [-0.4, -0.2) is 43.5 Å². The van der Waals surface area contributed by atoms with Gasteiger partial charge in [-0.25, -0.2) is 18.4 Å². The van der Waals surface area contributed by atoms with E-state index in [9.17, 15) is 8.42 Å². The lowest BCUT2D eigenvalue weighted by Crippen LogP contribution is -2.17. The number of ether oxygens (including phenoxy) is 1. The molecule has 0 aromatic carbocycles. The summed E-state index contributed by atoms with van der Waals surface area (Å²) in [5.41, 5.74) is 0. The van der Waals surface area contributed by atoms with E-state index in [2.05, 4.69) is 15.3 Å². The van der Waals surface area contributed by atoms with Crippen molar-refractivity contribution in [2.45, 2.75) is 6.92 Å². The van der Waals surface area contributed by atoms with E-state index in [1.54, 1.807) is 13.0 Å². The van der Waals surface area contributed by atoms with E-state index in [0.29, 0.717) is 18.2 Å². The molecule has 0 amide bonds. The summed E-state index contributed by atoms with van der Waals surface area (Å²) in [6, 6.07) is 1.61. The summed E-state index contributed by atoms with van der Waals surface area (Å²) in [6.07, 6.45) is 1.36. The minimum Gasteiger partial charge on any atom is -0.481 e. The van der Waals surface area contributed by atoms with Crippen LogP contribution in [-0.2, 0) is 9.84 Å². The SMILES string of the molecule is CCS(=O)(=O)CCNc1cc(OC)ncn1. The summed E-state index contributed by atoms with van der Waals surface area (Å²) < 4.78 is 27.3. The maximum Gasteiger partial charge on any atom is 0.218 e. The van der Waals surface area contributed by atoms with Crippen LogP contribution >= 0.6 is 0 Å². The molecular formula is C9H15N3O3S. The van der Waals surface area contributed by atoms with Crippen molar-refractivity contribution in [1.29, 1.82) is 0 Å². The van der Waals surface area contributed by atoms with Crippen molar-refractivity contribution in [3.63, 3.8) is 0 Å². The molecule has 1 N–H and O–H groups in total. The maximum absolute atomic E-state index is 11.2. The number of rotatable bonds is 6. The first-order chi connectivity index (χ1) is 7.57. The quantitative estimate of drug-likeness (QED) is 0.778. The number of nitrogens with one attached hydrogen (secondary N) is 1. The van der Waals surface area contributed by atoms with Crippen LogP contribution in [0.4, 0.5) is 5.82 Å². The predicted octanol–water partition coefficient (Wildman–Crippen LogP) is 0.332. The number of nitrogens with zero attached hydrogens (tertiary/aromatic N) is 2. The van der Waals surface area contributed by atoms with E-state index in [1.165, 1.54) is 13.4 Å². The summed E-state index contributed by atoms with van der Waals surface area (Å²) in [7, 11) is -1.43. The van der Waals surface area contributed by atoms with Gasteiger partial charge in [0.1, 0.15) is 12.1 Å². The first-order valence-corrected chi connectivity index (χ1v) is 6.70. The summed E-state index contributed by atoms with van der Waals surface area (Å²) in [5, 5.41) is 2.90. The van der Waals surface area contributed by atoms with Gasteiger partial charge in [0.15, 0.2) is 9.84 Å². The van der Waals surface area contributed by atoms with Gasteiger partial charge in [-0.2, -0.15) is 0 Å². The number of hydrogen-bond acceptors (Lipinski definition) is 6. The van der Waals surface area contributed by atoms with Crippen molar-refractivity contribution >= 4 is 15.7 Å². The van der Waals surface area contributed by atoms with Crippen molar-refractivity contribution in [2.24, 2.45) is 0 Å². The first kappa shape index (κ1) is 12.7. The molecule has 0 spiro atoms. The molecule has 90 valence electrons. The van der Waals surface area contributed by atoms with Crippen LogP contribution in [0.2, 0.25) is 0 Å².